The number of aromatic amines is 1. The molecule has 3 heterocycles. The molecule has 1 aromatic carbocycles. The second-order valence-electron chi connectivity index (χ2n) is 7.34. The third-order valence-corrected chi connectivity index (χ3v) is 5.65. The fourth-order valence-electron chi connectivity index (χ4n) is 4.15. The molecule has 1 unspecified atom stereocenters. The van der Waals surface area contributed by atoms with Crippen LogP contribution < -0.4 is 9.64 Å². The first-order valence-electron chi connectivity index (χ1n) is 9.78. The molecule has 1 fully saturated rings. The minimum Gasteiger partial charge on any atom is -0.493 e. The van der Waals surface area contributed by atoms with Crippen molar-refractivity contribution < 1.29 is 4.74 Å². The number of pyridine rings is 1. The summed E-state index contributed by atoms with van der Waals surface area (Å²) in [5, 5.41) is 1.36. The first-order valence-corrected chi connectivity index (χ1v) is 9.78. The van der Waals surface area contributed by atoms with Gasteiger partial charge in [0.1, 0.15) is 0 Å². The Bertz CT molecular complexity index is 891. The lowest BCUT2D eigenvalue weighted by molar-refractivity contribution is 0.187. The number of nitrogens with one attached hydrogen (secondary N) is 1. The van der Waals surface area contributed by atoms with E-state index in [1.807, 2.05) is 6.20 Å². The van der Waals surface area contributed by atoms with E-state index < -0.39 is 0 Å². The van der Waals surface area contributed by atoms with Crippen LogP contribution in [0.1, 0.15) is 18.9 Å². The number of anilines is 1. The Hall–Kier alpha value is -2.53. The number of benzene rings is 1. The number of piperazine rings is 1. The summed E-state index contributed by atoms with van der Waals surface area (Å²) in [6, 6.07) is 11.1. The summed E-state index contributed by atoms with van der Waals surface area (Å²) in [7, 11) is 1.71. The minimum absolute atomic E-state index is 0.527. The van der Waals surface area contributed by atoms with Gasteiger partial charge >= 0.3 is 0 Å². The predicted molar refractivity (Wildman–Crippen MR) is 111 cm³/mol. The average Bonchev–Trinajstić information content (AvgIpc) is 3.12. The standard InChI is InChI=1S/C22H28N4O/c1-17-16-26(21-9-10-23-15-22(21)27-2)13-12-25(17)11-5-6-18-14-24-20-8-4-3-7-19(18)20/h3-4,7-10,14-15,17,24H,5-6,11-13,16H2,1-2H3. The van der Waals surface area contributed by atoms with Crippen LogP contribution in [0.2, 0.25) is 0 Å². The molecule has 1 N–H and O–H groups in total. The van der Waals surface area contributed by atoms with Gasteiger partial charge in [0.25, 0.3) is 0 Å². The molecule has 5 nitrogen and oxygen atoms in total. The van der Waals surface area contributed by atoms with E-state index in [9.17, 15) is 0 Å². The Labute approximate surface area is 161 Å². The second kappa shape index (κ2) is 8.01. The maximum atomic E-state index is 5.48. The first-order chi connectivity index (χ1) is 13.3. The highest BCUT2D eigenvalue weighted by atomic mass is 16.5. The van der Waals surface area contributed by atoms with Gasteiger partial charge in [0.15, 0.2) is 5.75 Å². The van der Waals surface area contributed by atoms with E-state index in [0.717, 1.165) is 44.0 Å². The van der Waals surface area contributed by atoms with E-state index in [-0.39, 0.29) is 0 Å². The lowest BCUT2D eigenvalue weighted by atomic mass is 10.1. The van der Waals surface area contributed by atoms with Crippen LogP contribution in [0.3, 0.4) is 0 Å². The molecule has 0 spiro atoms. The highest BCUT2D eigenvalue weighted by Gasteiger charge is 2.25. The number of para-hydroxylation sites is 1. The zero-order chi connectivity index (χ0) is 18.6. The Morgan fingerprint density at radius 2 is 2.11 bits per heavy atom. The van der Waals surface area contributed by atoms with Crippen molar-refractivity contribution in [3.05, 3.63) is 54.5 Å². The van der Waals surface area contributed by atoms with E-state index in [1.54, 1.807) is 13.3 Å². The molecule has 1 saturated heterocycles. The van der Waals surface area contributed by atoms with Crippen LogP contribution in [-0.4, -0.2) is 54.2 Å². The van der Waals surface area contributed by atoms with Crippen LogP contribution in [0, 0.1) is 0 Å². The number of rotatable bonds is 6. The molecule has 2 aromatic heterocycles. The molecule has 0 saturated carbocycles. The number of H-pyrrole nitrogens is 1. The first kappa shape index (κ1) is 17.9. The summed E-state index contributed by atoms with van der Waals surface area (Å²) in [6.45, 7) is 6.60. The molecule has 4 rings (SSSR count). The lowest BCUT2D eigenvalue weighted by Gasteiger charge is -2.41. The van der Waals surface area contributed by atoms with E-state index >= 15 is 0 Å². The molecule has 5 heteroatoms. The zero-order valence-corrected chi connectivity index (χ0v) is 16.2. The summed E-state index contributed by atoms with van der Waals surface area (Å²) >= 11 is 0. The van der Waals surface area contributed by atoms with Crippen molar-refractivity contribution >= 4 is 16.6 Å². The van der Waals surface area contributed by atoms with Gasteiger partial charge in [0, 0.05) is 49.0 Å². The van der Waals surface area contributed by atoms with E-state index in [4.69, 9.17) is 4.74 Å². The maximum absolute atomic E-state index is 5.48. The van der Waals surface area contributed by atoms with Crippen LogP contribution in [0.5, 0.6) is 5.75 Å². The van der Waals surface area contributed by atoms with Gasteiger partial charge in [-0.2, -0.15) is 0 Å². The SMILES string of the molecule is COc1cnccc1N1CCN(CCCc2c[nH]c3ccccc23)C(C)C1. The Balaban J connectivity index is 1.32. The number of ether oxygens (including phenoxy) is 1. The molecule has 0 aliphatic carbocycles. The van der Waals surface area contributed by atoms with Crippen LogP contribution in [0.25, 0.3) is 10.9 Å². The highest BCUT2D eigenvalue weighted by molar-refractivity contribution is 5.83. The molecule has 1 atom stereocenters. The van der Waals surface area contributed by atoms with Gasteiger partial charge in [-0.25, -0.2) is 0 Å². The van der Waals surface area contributed by atoms with Crippen LogP contribution >= 0.6 is 0 Å². The second-order valence-corrected chi connectivity index (χ2v) is 7.34. The van der Waals surface area contributed by atoms with Crippen molar-refractivity contribution in [1.82, 2.24) is 14.9 Å². The summed E-state index contributed by atoms with van der Waals surface area (Å²) in [5.41, 5.74) is 3.82. The number of hydrogen-bond acceptors (Lipinski definition) is 4. The van der Waals surface area contributed by atoms with E-state index in [2.05, 4.69) is 63.2 Å². The van der Waals surface area contributed by atoms with Crippen molar-refractivity contribution in [2.24, 2.45) is 0 Å². The molecular formula is C22H28N4O. The molecular weight excluding hydrogens is 336 g/mol. The topological polar surface area (TPSA) is 44.4 Å². The fraction of sp³-hybridized carbons (Fsp3) is 0.409. The van der Waals surface area contributed by atoms with Gasteiger partial charge in [-0.15, -0.1) is 0 Å². The van der Waals surface area contributed by atoms with Gasteiger partial charge in [-0.1, -0.05) is 18.2 Å². The van der Waals surface area contributed by atoms with Crippen molar-refractivity contribution in [1.29, 1.82) is 0 Å². The Morgan fingerprint density at radius 1 is 1.22 bits per heavy atom. The van der Waals surface area contributed by atoms with Gasteiger partial charge in [-0.05, 0) is 44.0 Å². The number of nitrogens with zero attached hydrogens (tertiary/aromatic N) is 3. The molecule has 3 aromatic rings. The van der Waals surface area contributed by atoms with Crippen LogP contribution in [-0.2, 0) is 6.42 Å². The van der Waals surface area contributed by atoms with Crippen molar-refractivity contribution in [2.45, 2.75) is 25.8 Å². The van der Waals surface area contributed by atoms with E-state index in [0.29, 0.717) is 6.04 Å². The molecule has 0 amide bonds. The maximum Gasteiger partial charge on any atom is 0.160 e. The summed E-state index contributed by atoms with van der Waals surface area (Å²) < 4.78 is 5.48. The average molecular weight is 364 g/mol. The number of aryl methyl sites for hydroxylation is 1. The monoisotopic (exact) mass is 364 g/mol. The van der Waals surface area contributed by atoms with Gasteiger partial charge in [-0.3, -0.25) is 9.88 Å². The largest absolute Gasteiger partial charge is 0.493 e. The van der Waals surface area contributed by atoms with Crippen molar-refractivity contribution in [3.8, 4) is 5.75 Å². The molecule has 27 heavy (non-hydrogen) atoms. The lowest BCUT2D eigenvalue weighted by Crippen LogP contribution is -2.52. The molecule has 142 valence electrons. The van der Waals surface area contributed by atoms with Crippen LogP contribution in [0.4, 0.5) is 5.69 Å². The number of aromatic nitrogens is 2. The Morgan fingerprint density at radius 3 is 2.96 bits per heavy atom. The van der Waals surface area contributed by atoms with Gasteiger partial charge < -0.3 is 14.6 Å². The van der Waals surface area contributed by atoms with Crippen LogP contribution in [0.15, 0.2) is 48.9 Å². The van der Waals surface area contributed by atoms with Crippen molar-refractivity contribution in [3.63, 3.8) is 0 Å². The molecule has 0 radical (unpaired) electrons. The quantitative estimate of drug-likeness (QED) is 0.724. The number of hydrogen-bond donors (Lipinski definition) is 1. The fourth-order valence-corrected chi connectivity index (χ4v) is 4.15. The van der Waals surface area contributed by atoms with Gasteiger partial charge in [0.2, 0.25) is 0 Å². The molecule has 1 aliphatic rings. The predicted octanol–water partition coefficient (Wildman–Crippen LogP) is 3.71. The zero-order valence-electron chi connectivity index (χ0n) is 16.2. The van der Waals surface area contributed by atoms with Gasteiger partial charge in [0.05, 0.1) is 19.0 Å². The highest BCUT2D eigenvalue weighted by Crippen LogP contribution is 2.28. The molecule has 0 bridgehead atoms. The smallest absolute Gasteiger partial charge is 0.160 e. The van der Waals surface area contributed by atoms with Crippen molar-refractivity contribution in [2.75, 3.05) is 38.2 Å². The summed E-state index contributed by atoms with van der Waals surface area (Å²) in [5.74, 6) is 0.859. The third-order valence-electron chi connectivity index (χ3n) is 5.65. The normalized spacial score (nSPS) is 18.1. The van der Waals surface area contributed by atoms with E-state index in [1.165, 1.54) is 22.9 Å². The number of fused-ring (bicyclic) bond motifs is 1. The number of methoxy groups -OCH3 is 1. The molecule has 1 aliphatic heterocycles. The summed E-state index contributed by atoms with van der Waals surface area (Å²) in [4.78, 5) is 12.6. The minimum atomic E-state index is 0.527. The Kier molecular flexibility index (Phi) is 5.30. The third kappa shape index (κ3) is 3.78. The summed E-state index contributed by atoms with van der Waals surface area (Å²) in [6.07, 6.45) is 8.12.